The highest BCUT2D eigenvalue weighted by Crippen LogP contribution is 2.28. The third-order valence-corrected chi connectivity index (χ3v) is 9.72. The Bertz CT molecular complexity index is 1800. The van der Waals surface area contributed by atoms with Crippen LogP contribution in [0.25, 0.3) is 0 Å². The summed E-state index contributed by atoms with van der Waals surface area (Å²) >= 11 is 0. The number of nitrogens with one attached hydrogen (secondary N) is 6. The number of ether oxygens (including phenoxy) is 5. The summed E-state index contributed by atoms with van der Waals surface area (Å²) in [6.45, 7) is 8.36. The van der Waals surface area contributed by atoms with Crippen molar-refractivity contribution in [1.82, 2.24) is 37.0 Å². The number of hydrazine groups is 1. The second kappa shape index (κ2) is 25.9. The van der Waals surface area contributed by atoms with Gasteiger partial charge in [0.25, 0.3) is 11.8 Å². The fourth-order valence-corrected chi connectivity index (χ4v) is 6.12. The summed E-state index contributed by atoms with van der Waals surface area (Å²) in [6.07, 6.45) is 0.940. The van der Waals surface area contributed by atoms with Gasteiger partial charge >= 0.3 is 12.1 Å². The van der Waals surface area contributed by atoms with Gasteiger partial charge in [-0.2, -0.15) is 0 Å². The molecule has 0 saturated carbocycles. The number of aryl methyl sites for hydroxylation is 1. The molecule has 61 heavy (non-hydrogen) atoms. The molecule has 0 aliphatic carbocycles. The zero-order valence-electron chi connectivity index (χ0n) is 36.7. The number of nitrogens with zero attached hydrogens (tertiary/aromatic N) is 1. The van der Waals surface area contributed by atoms with Crippen LogP contribution in [0.3, 0.4) is 0 Å². The van der Waals surface area contributed by atoms with E-state index in [9.17, 15) is 24.3 Å². The van der Waals surface area contributed by atoms with E-state index in [1.54, 1.807) is 33.1 Å². The summed E-state index contributed by atoms with van der Waals surface area (Å²) in [6, 6.07) is 19.8. The van der Waals surface area contributed by atoms with Crippen molar-refractivity contribution < 1.29 is 48.0 Å². The summed E-state index contributed by atoms with van der Waals surface area (Å²) in [7, 11) is 6.16. The van der Waals surface area contributed by atoms with Gasteiger partial charge in [0.2, 0.25) is 5.72 Å². The summed E-state index contributed by atoms with van der Waals surface area (Å²) in [5.41, 5.74) is 3.40. The van der Waals surface area contributed by atoms with Crippen LogP contribution in [-0.4, -0.2) is 113 Å². The van der Waals surface area contributed by atoms with Crippen LogP contribution in [0.1, 0.15) is 50.8 Å². The average molecular weight is 852 g/mol. The van der Waals surface area contributed by atoms with Crippen LogP contribution >= 0.6 is 0 Å². The zero-order chi connectivity index (χ0) is 44.8. The number of urea groups is 2. The molecule has 17 heteroatoms. The molecular weight excluding hydrogens is 787 g/mol. The predicted molar refractivity (Wildman–Crippen MR) is 231 cm³/mol. The standard InChI is InChI=1S/C44H65N7O10/c1-30(2)39(48-42(54)45-22-24-57-5)40(52)50-51(27-33-15-19-36(20-16-33)61-29-34-17-21-37(59-7)38(26-34)60-8)28-35(18-14-32-12-10-9-11-13-32)47-41(53)44(56,31(3)4)49-43(55)46-23-25-58-6/h9-13,15-17,19-21,26,30-31,35,39,56H,14,18,22-25,27-29H2,1-8H3,(H,47,53)(H,50,52)(H2,45,48,54)(H2,46,49,55)/t35-,39-,44+/m0/s1. The molecule has 336 valence electrons. The molecule has 3 aromatic rings. The Labute approximate surface area is 359 Å². The predicted octanol–water partition coefficient (Wildman–Crippen LogP) is 3.49. The molecule has 6 amide bonds. The second-order valence-corrected chi connectivity index (χ2v) is 15.1. The Morgan fingerprint density at radius 3 is 1.95 bits per heavy atom. The van der Waals surface area contributed by atoms with Crippen LogP contribution in [-0.2, 0) is 38.6 Å². The van der Waals surface area contributed by atoms with E-state index in [0.717, 1.165) is 16.7 Å². The number of carbonyl (C=O) groups excluding carboxylic acids is 4. The number of hydrogen-bond donors (Lipinski definition) is 7. The summed E-state index contributed by atoms with van der Waals surface area (Å²) < 4.78 is 26.8. The number of amides is 6. The Kier molecular flexibility index (Phi) is 21.1. The maximum Gasteiger partial charge on any atom is 0.317 e. The molecule has 0 spiro atoms. The summed E-state index contributed by atoms with van der Waals surface area (Å²) in [5.74, 6) is -0.512. The molecule has 0 radical (unpaired) electrons. The van der Waals surface area contributed by atoms with Crippen molar-refractivity contribution in [3.63, 3.8) is 0 Å². The van der Waals surface area contributed by atoms with E-state index in [2.05, 4.69) is 32.0 Å². The normalized spacial score (nSPS) is 13.1. The van der Waals surface area contributed by atoms with Gasteiger partial charge in [0, 0.05) is 52.4 Å². The number of aliphatic hydroxyl groups is 1. The second-order valence-electron chi connectivity index (χ2n) is 15.1. The van der Waals surface area contributed by atoms with Crippen LogP contribution in [0.5, 0.6) is 17.2 Å². The maximum absolute atomic E-state index is 14.0. The van der Waals surface area contributed by atoms with Crippen molar-refractivity contribution >= 4 is 23.9 Å². The van der Waals surface area contributed by atoms with Gasteiger partial charge in [-0.3, -0.25) is 15.0 Å². The molecule has 0 saturated heterocycles. The molecule has 3 atom stereocenters. The van der Waals surface area contributed by atoms with Crippen molar-refractivity contribution in [2.75, 3.05) is 61.3 Å². The molecule has 0 fully saturated rings. The van der Waals surface area contributed by atoms with Crippen LogP contribution in [0.2, 0.25) is 0 Å². The number of carbonyl (C=O) groups is 4. The molecule has 3 aromatic carbocycles. The third-order valence-electron chi connectivity index (χ3n) is 9.72. The maximum atomic E-state index is 14.0. The van der Waals surface area contributed by atoms with E-state index in [1.807, 2.05) is 86.6 Å². The molecular formula is C44H65N7O10. The number of rotatable bonds is 26. The number of methoxy groups -OCH3 is 4. The van der Waals surface area contributed by atoms with Gasteiger partial charge in [-0.15, -0.1) is 0 Å². The molecule has 0 aliphatic heterocycles. The lowest BCUT2D eigenvalue weighted by Crippen LogP contribution is -2.66. The monoisotopic (exact) mass is 851 g/mol. The Morgan fingerprint density at radius 2 is 1.36 bits per heavy atom. The van der Waals surface area contributed by atoms with Crippen molar-refractivity contribution in [2.45, 2.75) is 71.5 Å². The van der Waals surface area contributed by atoms with E-state index in [1.165, 1.54) is 14.2 Å². The van der Waals surface area contributed by atoms with Crippen molar-refractivity contribution in [3.8, 4) is 17.2 Å². The highest BCUT2D eigenvalue weighted by molar-refractivity contribution is 5.90. The molecule has 17 nitrogen and oxygen atoms in total. The highest BCUT2D eigenvalue weighted by atomic mass is 16.5. The van der Waals surface area contributed by atoms with E-state index >= 15 is 0 Å². The van der Waals surface area contributed by atoms with Crippen molar-refractivity contribution in [3.05, 3.63) is 89.5 Å². The van der Waals surface area contributed by atoms with Crippen molar-refractivity contribution in [2.24, 2.45) is 11.8 Å². The van der Waals surface area contributed by atoms with Crippen LogP contribution < -0.4 is 46.2 Å². The van der Waals surface area contributed by atoms with Gasteiger partial charge in [-0.05, 0) is 59.7 Å². The van der Waals surface area contributed by atoms with Crippen LogP contribution in [0.4, 0.5) is 9.59 Å². The molecule has 0 aliphatic rings. The van der Waals surface area contributed by atoms with Gasteiger partial charge in [0.1, 0.15) is 18.4 Å². The third kappa shape index (κ3) is 16.7. The van der Waals surface area contributed by atoms with Crippen molar-refractivity contribution in [1.29, 1.82) is 0 Å². The topological polar surface area (TPSA) is 210 Å². The minimum atomic E-state index is -2.29. The minimum absolute atomic E-state index is 0.0704. The van der Waals surface area contributed by atoms with Gasteiger partial charge in [-0.25, -0.2) is 14.6 Å². The first-order chi connectivity index (χ1) is 29.2. The van der Waals surface area contributed by atoms with Gasteiger partial charge < -0.3 is 55.4 Å². The lowest BCUT2D eigenvalue weighted by Gasteiger charge is -2.35. The van der Waals surface area contributed by atoms with Gasteiger partial charge in [0.15, 0.2) is 11.5 Å². The van der Waals surface area contributed by atoms with Crippen LogP contribution in [0, 0.1) is 11.8 Å². The molecule has 0 unspecified atom stereocenters. The van der Waals surface area contributed by atoms with Crippen LogP contribution in [0.15, 0.2) is 72.8 Å². The fourth-order valence-electron chi connectivity index (χ4n) is 6.12. The van der Waals surface area contributed by atoms with E-state index in [0.29, 0.717) is 36.7 Å². The quantitative estimate of drug-likeness (QED) is 0.0353. The lowest BCUT2D eigenvalue weighted by atomic mass is 9.97. The minimum Gasteiger partial charge on any atom is -0.493 e. The van der Waals surface area contributed by atoms with Gasteiger partial charge in [-0.1, -0.05) is 76.2 Å². The fraction of sp³-hybridized carbons (Fsp3) is 0.500. The summed E-state index contributed by atoms with van der Waals surface area (Å²) in [5, 5.41) is 26.7. The molecule has 3 rings (SSSR count). The number of hydrogen-bond acceptors (Lipinski definition) is 11. The van der Waals surface area contributed by atoms with E-state index in [-0.39, 0.29) is 45.3 Å². The number of benzene rings is 3. The SMILES string of the molecule is COCCNC(=O)N[C@H](C(=O)NN(Cc1ccc(OCc2ccc(OC)c(OC)c2)cc1)C[C@H](CCc1ccccc1)NC(=O)[C@@](O)(NC(=O)NCCOC)C(C)C)C(C)C. The van der Waals surface area contributed by atoms with E-state index < -0.39 is 47.6 Å². The average Bonchev–Trinajstić information content (AvgIpc) is 3.24. The molecule has 0 bridgehead atoms. The molecule has 0 heterocycles. The Hall–Kier alpha value is -5.62. The Balaban J connectivity index is 1.92. The first kappa shape index (κ1) is 49.7. The summed E-state index contributed by atoms with van der Waals surface area (Å²) in [4.78, 5) is 53.6. The largest absolute Gasteiger partial charge is 0.493 e. The van der Waals surface area contributed by atoms with Gasteiger partial charge in [0.05, 0.1) is 27.4 Å². The molecule has 0 aromatic heterocycles. The molecule has 7 N–H and O–H groups in total. The first-order valence-corrected chi connectivity index (χ1v) is 20.4. The smallest absolute Gasteiger partial charge is 0.317 e. The lowest BCUT2D eigenvalue weighted by molar-refractivity contribution is -0.148. The first-order valence-electron chi connectivity index (χ1n) is 20.4. The Morgan fingerprint density at radius 1 is 0.738 bits per heavy atom. The van der Waals surface area contributed by atoms with E-state index in [4.69, 9.17) is 23.7 Å². The zero-order valence-corrected chi connectivity index (χ0v) is 36.7. The highest BCUT2D eigenvalue weighted by Gasteiger charge is 2.42.